The van der Waals surface area contributed by atoms with Crippen LogP contribution in [0.15, 0.2) is 35.3 Å². The van der Waals surface area contributed by atoms with Crippen LogP contribution in [0.3, 0.4) is 0 Å². The molecule has 0 spiro atoms. The summed E-state index contributed by atoms with van der Waals surface area (Å²) >= 11 is 0. The second kappa shape index (κ2) is 10.0. The first-order valence-electron chi connectivity index (χ1n) is 8.00. The third kappa shape index (κ3) is 5.76. The van der Waals surface area contributed by atoms with Crippen molar-refractivity contribution in [2.24, 2.45) is 4.99 Å². The van der Waals surface area contributed by atoms with E-state index in [-0.39, 0.29) is 30.0 Å². The molecule has 0 saturated carbocycles. The Kier molecular flexibility index (Phi) is 8.78. The van der Waals surface area contributed by atoms with Gasteiger partial charge in [-0.1, -0.05) is 30.3 Å². The zero-order valence-corrected chi connectivity index (χ0v) is 16.2. The van der Waals surface area contributed by atoms with Crippen LogP contribution in [0.1, 0.15) is 38.3 Å². The maximum atomic E-state index is 4.76. The summed E-state index contributed by atoms with van der Waals surface area (Å²) in [6.07, 6.45) is 2.55. The average Bonchev–Trinajstić information content (AvgIpc) is 2.91. The molecule has 2 unspecified atom stereocenters. The fraction of sp³-hybridized carbons (Fsp3) is 0.588. The minimum absolute atomic E-state index is 0. The van der Waals surface area contributed by atoms with E-state index in [0.29, 0.717) is 6.04 Å². The maximum Gasteiger partial charge on any atom is 0.191 e. The normalized spacial score (nSPS) is 20.3. The number of nitrogens with one attached hydrogen (secondary N) is 2. The molecule has 0 aromatic heterocycles. The molecule has 22 heavy (non-hydrogen) atoms. The third-order valence-corrected chi connectivity index (χ3v) is 4.13. The number of hydrogen-bond donors (Lipinski definition) is 2. The predicted octanol–water partition coefficient (Wildman–Crippen LogP) is 3.01. The summed E-state index contributed by atoms with van der Waals surface area (Å²) < 4.78 is 0. The van der Waals surface area contributed by atoms with Crippen LogP contribution in [0.25, 0.3) is 0 Å². The number of benzene rings is 1. The van der Waals surface area contributed by atoms with E-state index in [9.17, 15) is 0 Å². The van der Waals surface area contributed by atoms with Gasteiger partial charge in [-0.3, -0.25) is 4.99 Å². The highest BCUT2D eigenvalue weighted by Gasteiger charge is 2.20. The lowest BCUT2D eigenvalue weighted by molar-refractivity contribution is 0.317. The summed E-state index contributed by atoms with van der Waals surface area (Å²) in [7, 11) is 2.19. The average molecular weight is 416 g/mol. The van der Waals surface area contributed by atoms with Gasteiger partial charge in [-0.2, -0.15) is 0 Å². The summed E-state index contributed by atoms with van der Waals surface area (Å²) in [6, 6.07) is 11.3. The van der Waals surface area contributed by atoms with Crippen LogP contribution in [0.2, 0.25) is 0 Å². The zero-order chi connectivity index (χ0) is 15.1. The summed E-state index contributed by atoms with van der Waals surface area (Å²) in [5.41, 5.74) is 1.28. The van der Waals surface area contributed by atoms with Gasteiger partial charge in [-0.15, -0.1) is 24.0 Å². The fourth-order valence-electron chi connectivity index (χ4n) is 2.76. The number of rotatable bonds is 5. The summed E-state index contributed by atoms with van der Waals surface area (Å²) in [6.45, 7) is 7.22. The van der Waals surface area contributed by atoms with Crippen molar-refractivity contribution in [3.05, 3.63) is 35.9 Å². The Morgan fingerprint density at radius 1 is 1.36 bits per heavy atom. The van der Waals surface area contributed by atoms with E-state index in [1.165, 1.54) is 24.9 Å². The molecule has 0 radical (unpaired) electrons. The number of halogens is 1. The topological polar surface area (TPSA) is 39.7 Å². The number of likely N-dealkylation sites (tertiary alicyclic amines) is 1. The van der Waals surface area contributed by atoms with Gasteiger partial charge in [0.25, 0.3) is 0 Å². The molecule has 0 aliphatic carbocycles. The van der Waals surface area contributed by atoms with Gasteiger partial charge in [0, 0.05) is 12.6 Å². The van der Waals surface area contributed by atoms with E-state index >= 15 is 0 Å². The van der Waals surface area contributed by atoms with Gasteiger partial charge < -0.3 is 15.5 Å². The third-order valence-electron chi connectivity index (χ3n) is 4.13. The molecule has 5 heteroatoms. The first-order valence-corrected chi connectivity index (χ1v) is 8.00. The Balaban J connectivity index is 0.00000242. The molecule has 0 bridgehead atoms. The lowest BCUT2D eigenvalue weighted by Gasteiger charge is -2.20. The Morgan fingerprint density at radius 2 is 2.09 bits per heavy atom. The molecular formula is C17H29IN4. The molecule has 1 fully saturated rings. The van der Waals surface area contributed by atoms with E-state index in [4.69, 9.17) is 4.99 Å². The van der Waals surface area contributed by atoms with Crippen LogP contribution in [0.5, 0.6) is 0 Å². The summed E-state index contributed by atoms with van der Waals surface area (Å²) in [5, 5.41) is 6.84. The van der Waals surface area contributed by atoms with E-state index in [0.717, 1.165) is 19.0 Å². The maximum absolute atomic E-state index is 4.76. The first-order chi connectivity index (χ1) is 10.2. The van der Waals surface area contributed by atoms with Gasteiger partial charge in [0.15, 0.2) is 5.96 Å². The molecule has 1 aromatic rings. The van der Waals surface area contributed by atoms with Crippen LogP contribution < -0.4 is 10.6 Å². The van der Waals surface area contributed by atoms with E-state index in [1.807, 2.05) is 6.07 Å². The van der Waals surface area contributed by atoms with Gasteiger partial charge in [0.05, 0.1) is 12.6 Å². The number of hydrogen-bond acceptors (Lipinski definition) is 2. The largest absolute Gasteiger partial charge is 0.357 e. The highest BCUT2D eigenvalue weighted by Crippen LogP contribution is 2.15. The van der Waals surface area contributed by atoms with E-state index in [1.54, 1.807) is 0 Å². The lowest BCUT2D eigenvalue weighted by Crippen LogP contribution is -2.40. The van der Waals surface area contributed by atoms with Crippen LogP contribution >= 0.6 is 24.0 Å². The molecule has 2 rings (SSSR count). The van der Waals surface area contributed by atoms with E-state index in [2.05, 4.69) is 60.7 Å². The summed E-state index contributed by atoms with van der Waals surface area (Å²) in [4.78, 5) is 7.17. The van der Waals surface area contributed by atoms with Gasteiger partial charge in [0.1, 0.15) is 0 Å². The fourth-order valence-corrected chi connectivity index (χ4v) is 2.76. The SMILES string of the molecule is CCNC(=NCC1CCCN1C)NC(C)c1ccccc1.I. The molecule has 1 aliphatic rings. The van der Waals surface area contributed by atoms with Crippen LogP contribution in [0, 0.1) is 0 Å². The molecule has 0 amide bonds. The van der Waals surface area contributed by atoms with Crippen molar-refractivity contribution in [3.8, 4) is 0 Å². The zero-order valence-electron chi connectivity index (χ0n) is 13.9. The molecular weight excluding hydrogens is 387 g/mol. The van der Waals surface area contributed by atoms with Crippen LogP contribution in [0.4, 0.5) is 0 Å². The predicted molar refractivity (Wildman–Crippen MR) is 105 cm³/mol. The van der Waals surface area contributed by atoms with Crippen molar-refractivity contribution in [2.75, 3.05) is 26.7 Å². The monoisotopic (exact) mass is 416 g/mol. The van der Waals surface area contributed by atoms with E-state index < -0.39 is 0 Å². The van der Waals surface area contributed by atoms with Crippen LogP contribution in [-0.2, 0) is 0 Å². The number of aliphatic imine (C=N–C) groups is 1. The molecule has 1 aliphatic heterocycles. The van der Waals surface area contributed by atoms with Crippen molar-refractivity contribution in [3.63, 3.8) is 0 Å². The van der Waals surface area contributed by atoms with Gasteiger partial charge in [-0.25, -0.2) is 0 Å². The summed E-state index contributed by atoms with van der Waals surface area (Å²) in [5.74, 6) is 0.911. The van der Waals surface area contributed by atoms with Gasteiger partial charge in [-0.05, 0) is 45.8 Å². The molecule has 2 N–H and O–H groups in total. The quantitative estimate of drug-likeness (QED) is 0.441. The van der Waals surface area contributed by atoms with Gasteiger partial charge in [0.2, 0.25) is 0 Å². The van der Waals surface area contributed by atoms with Crippen molar-refractivity contribution in [1.82, 2.24) is 15.5 Å². The second-order valence-corrected chi connectivity index (χ2v) is 5.77. The second-order valence-electron chi connectivity index (χ2n) is 5.77. The van der Waals surface area contributed by atoms with Crippen molar-refractivity contribution in [2.45, 2.75) is 38.8 Å². The molecule has 4 nitrogen and oxygen atoms in total. The molecule has 1 saturated heterocycles. The lowest BCUT2D eigenvalue weighted by atomic mass is 10.1. The van der Waals surface area contributed by atoms with Crippen molar-refractivity contribution in [1.29, 1.82) is 0 Å². The minimum atomic E-state index is 0. The minimum Gasteiger partial charge on any atom is -0.357 e. The molecule has 2 atom stereocenters. The Hall–Kier alpha value is -0.820. The Bertz CT molecular complexity index is 449. The number of nitrogens with zero attached hydrogens (tertiary/aromatic N) is 2. The Morgan fingerprint density at radius 3 is 2.68 bits per heavy atom. The number of guanidine groups is 1. The highest BCUT2D eigenvalue weighted by molar-refractivity contribution is 14.0. The Labute approximate surface area is 151 Å². The highest BCUT2D eigenvalue weighted by atomic mass is 127. The standard InChI is InChI=1S/C17H28N4.HI/c1-4-18-17(19-13-16-11-8-12-21(16)3)20-14(2)15-9-6-5-7-10-15;/h5-7,9-10,14,16H,4,8,11-13H2,1-3H3,(H2,18,19,20);1H. The van der Waals surface area contributed by atoms with Crippen LogP contribution in [-0.4, -0.2) is 43.6 Å². The molecule has 1 aromatic carbocycles. The van der Waals surface area contributed by atoms with Gasteiger partial charge >= 0.3 is 0 Å². The van der Waals surface area contributed by atoms with Crippen molar-refractivity contribution < 1.29 is 0 Å². The molecule has 1 heterocycles. The first kappa shape index (κ1) is 19.2. The smallest absolute Gasteiger partial charge is 0.191 e. The van der Waals surface area contributed by atoms with Crippen molar-refractivity contribution >= 4 is 29.9 Å². The molecule has 124 valence electrons. The number of likely N-dealkylation sites (N-methyl/N-ethyl adjacent to an activating group) is 1.